The largest absolute Gasteiger partial charge is 0.453 e. The molecule has 0 amide bonds. The van der Waals surface area contributed by atoms with Crippen LogP contribution in [-0.4, -0.2) is 8.80 Å². The van der Waals surface area contributed by atoms with Gasteiger partial charge in [-0.2, -0.15) is 0 Å². The molecule has 0 radical (unpaired) electrons. The van der Waals surface area contributed by atoms with Crippen LogP contribution in [0.2, 0.25) is 0 Å². The van der Waals surface area contributed by atoms with Crippen LogP contribution < -0.4 is 9.80 Å². The molecule has 0 aliphatic heterocycles. The first-order valence-corrected chi connectivity index (χ1v) is 33.7. The van der Waals surface area contributed by atoms with E-state index in [1.165, 1.54) is 76.3 Å². The summed E-state index contributed by atoms with van der Waals surface area (Å²) in [5, 5.41) is 14.0. The molecule has 6 heterocycles. The van der Waals surface area contributed by atoms with E-state index in [4.69, 9.17) is 8.83 Å². The summed E-state index contributed by atoms with van der Waals surface area (Å²) in [5.41, 5.74) is 28.2. The monoisotopic (exact) mass is 1250 g/mol. The van der Waals surface area contributed by atoms with Gasteiger partial charge in [0.2, 0.25) is 0 Å². The quantitative estimate of drug-likeness (QED) is 0.137. The van der Waals surface area contributed by atoms with Gasteiger partial charge >= 0.3 is 0 Å². The summed E-state index contributed by atoms with van der Waals surface area (Å²) >= 11 is 0. The number of fused-ring (bicyclic) bond motifs is 18. The van der Waals surface area contributed by atoms with Crippen LogP contribution >= 0.6 is 0 Å². The number of anilines is 6. The number of hydrogen-bond acceptors (Lipinski definition) is 4. The summed E-state index contributed by atoms with van der Waals surface area (Å²) in [7, 11) is 0. The molecule has 6 aromatic heterocycles. The van der Waals surface area contributed by atoms with Crippen molar-refractivity contribution >= 4 is 154 Å². The number of benzene rings is 15. The van der Waals surface area contributed by atoms with E-state index in [9.17, 15) is 0 Å². The number of para-hydroxylation sites is 6. The van der Waals surface area contributed by atoms with Gasteiger partial charge in [-0.15, -0.1) is 0 Å². The van der Waals surface area contributed by atoms with E-state index < -0.39 is 0 Å². The summed E-state index contributed by atoms with van der Waals surface area (Å²) in [4.78, 5) is 4.82. The molecule has 0 saturated heterocycles. The second-order valence-corrected chi connectivity index (χ2v) is 26.3. The normalized spacial score (nSPS) is 12.2. The lowest BCUT2D eigenvalue weighted by Crippen LogP contribution is -2.11. The lowest BCUT2D eigenvalue weighted by atomic mass is 9.89. The van der Waals surface area contributed by atoms with Crippen LogP contribution in [0.15, 0.2) is 324 Å². The zero-order chi connectivity index (χ0) is 64.4. The van der Waals surface area contributed by atoms with Crippen molar-refractivity contribution in [1.29, 1.82) is 0 Å². The first-order chi connectivity index (χ1) is 48.5. The average Bonchev–Trinajstić information content (AvgIpc) is 1.49. The van der Waals surface area contributed by atoms with Gasteiger partial charge in [-0.25, -0.2) is 0 Å². The summed E-state index contributed by atoms with van der Waals surface area (Å²) in [6.45, 7) is 4.42. The molecule has 0 unspecified atom stereocenters. The molecule has 6 nitrogen and oxygen atoms in total. The molecule has 0 spiro atoms. The minimum Gasteiger partial charge on any atom is -0.453 e. The Morgan fingerprint density at radius 3 is 0.980 bits per heavy atom. The fourth-order valence-electron chi connectivity index (χ4n) is 16.8. The number of rotatable bonds is 10. The number of nitrogens with zero attached hydrogens (tertiary/aromatic N) is 4. The van der Waals surface area contributed by atoms with E-state index in [0.717, 1.165) is 134 Å². The van der Waals surface area contributed by atoms with Gasteiger partial charge in [0.25, 0.3) is 0 Å². The molecule has 0 aliphatic carbocycles. The van der Waals surface area contributed by atoms with Crippen LogP contribution in [0.5, 0.6) is 0 Å². The lowest BCUT2D eigenvalue weighted by Gasteiger charge is -2.27. The fraction of sp³-hybridized carbons (Fsp3) is 0.0217. The third-order valence-corrected chi connectivity index (χ3v) is 20.9. The van der Waals surface area contributed by atoms with Gasteiger partial charge in [0.1, 0.15) is 11.2 Å². The minimum absolute atomic E-state index is 0.856. The van der Waals surface area contributed by atoms with Gasteiger partial charge in [0, 0.05) is 110 Å². The lowest BCUT2D eigenvalue weighted by molar-refractivity contribution is 0.669. The Kier molecular flexibility index (Phi) is 11.6. The molecule has 0 saturated carbocycles. The predicted molar refractivity (Wildman–Crippen MR) is 411 cm³/mol. The molecule has 98 heavy (non-hydrogen) atoms. The Hall–Kier alpha value is -12.9. The van der Waals surface area contributed by atoms with E-state index in [1.54, 1.807) is 0 Å². The molecule has 0 N–H and O–H groups in total. The Balaban J connectivity index is 0.825. The first kappa shape index (κ1) is 54.5. The molecule has 458 valence electrons. The highest BCUT2D eigenvalue weighted by Gasteiger charge is 2.33. The van der Waals surface area contributed by atoms with E-state index in [1.807, 2.05) is 0 Å². The fourth-order valence-corrected chi connectivity index (χ4v) is 16.8. The second kappa shape index (κ2) is 20.8. The molecular formula is C92H58N4O2. The SMILES string of the molecule is Cc1ccc2c(oc3c(-c4ccccc4)cccc32)c1N(c1ccccc1)c1ccc2c(c1)c1cccc3c4c(-c5ccccc5)c5c(c(-c6ccccc6)c4n2c13)c1cccc2c3cc(N(c4ccccc4)c4c(C)ccc6c4oc4c(-c7ccccc7)cccc46)ccc3n5c21. The third-order valence-electron chi connectivity index (χ3n) is 20.9. The van der Waals surface area contributed by atoms with Gasteiger partial charge in [-0.05, 0) is 108 Å². The van der Waals surface area contributed by atoms with Crippen LogP contribution in [0, 0.1) is 13.8 Å². The summed E-state index contributed by atoms with van der Waals surface area (Å²) < 4.78 is 19.7. The minimum atomic E-state index is 0.856. The van der Waals surface area contributed by atoms with Gasteiger partial charge in [0.05, 0.1) is 44.5 Å². The highest BCUT2D eigenvalue weighted by molar-refractivity contribution is 6.38. The van der Waals surface area contributed by atoms with Crippen molar-refractivity contribution in [1.82, 2.24) is 8.80 Å². The third kappa shape index (κ3) is 7.62. The zero-order valence-corrected chi connectivity index (χ0v) is 53.6. The molecule has 21 aromatic rings. The smallest absolute Gasteiger partial charge is 0.159 e. The van der Waals surface area contributed by atoms with Crippen molar-refractivity contribution in [3.8, 4) is 44.5 Å². The van der Waals surface area contributed by atoms with Crippen molar-refractivity contribution in [3.63, 3.8) is 0 Å². The van der Waals surface area contributed by atoms with Crippen molar-refractivity contribution in [2.24, 2.45) is 0 Å². The van der Waals surface area contributed by atoms with Crippen molar-refractivity contribution in [2.45, 2.75) is 13.8 Å². The topological polar surface area (TPSA) is 41.6 Å². The van der Waals surface area contributed by atoms with Gasteiger partial charge in [0.15, 0.2) is 11.2 Å². The molecular weight excluding hydrogens is 1190 g/mol. The standard InChI is InChI=1S/C92H58N4O2/c1-55-45-49-71-69-41-21-37-65(57-25-9-3-10-26-57)89(69)97-91(71)83(55)93(61-33-17-7-18-34-61)63-47-51-77-75(53-63)67-39-23-43-73-81-80(60-31-15-6-16-32-60)88-82(79(59-29-13-5-14-30-59)87(81)95(77)85(67)73)74-44-24-40-68-76-54-64(48-52-78(76)96(88)86(68)74)94(62-35-19-8-20-36-62)84-56(2)46-50-72-70-42-22-38-66(90(70)98-92(72)84)58-27-11-4-12-28-58/h3-54H,1-2H3. The second-order valence-electron chi connectivity index (χ2n) is 26.3. The number of aromatic nitrogens is 2. The molecule has 21 rings (SSSR count). The van der Waals surface area contributed by atoms with Crippen molar-refractivity contribution < 1.29 is 8.83 Å². The molecule has 0 aliphatic rings. The predicted octanol–water partition coefficient (Wildman–Crippen LogP) is 26.0. The maximum atomic E-state index is 7.24. The Bertz CT molecular complexity index is 6380. The Morgan fingerprint density at radius 1 is 0.245 bits per heavy atom. The van der Waals surface area contributed by atoms with Crippen molar-refractivity contribution in [2.75, 3.05) is 9.80 Å². The summed E-state index contributed by atoms with van der Waals surface area (Å²) in [5.74, 6) is 0. The molecule has 0 atom stereocenters. The molecule has 0 bridgehead atoms. The summed E-state index contributed by atoms with van der Waals surface area (Å²) in [6, 6.07) is 115. The van der Waals surface area contributed by atoms with E-state index in [-0.39, 0.29) is 0 Å². The van der Waals surface area contributed by atoms with Crippen molar-refractivity contribution in [3.05, 3.63) is 327 Å². The number of aryl methyl sites for hydroxylation is 2. The van der Waals surface area contributed by atoms with Gasteiger partial charge < -0.3 is 27.4 Å². The van der Waals surface area contributed by atoms with Crippen LogP contribution in [-0.2, 0) is 0 Å². The Morgan fingerprint density at radius 2 is 0.582 bits per heavy atom. The van der Waals surface area contributed by atoms with Crippen LogP contribution in [0.3, 0.4) is 0 Å². The average molecular weight is 1250 g/mol. The number of hydrogen-bond donors (Lipinski definition) is 0. The zero-order valence-electron chi connectivity index (χ0n) is 53.6. The van der Waals surface area contributed by atoms with Crippen LogP contribution in [0.25, 0.3) is 165 Å². The maximum Gasteiger partial charge on any atom is 0.159 e. The molecule has 0 fully saturated rings. The van der Waals surface area contributed by atoms with E-state index in [0.29, 0.717) is 0 Å². The maximum absolute atomic E-state index is 7.24. The van der Waals surface area contributed by atoms with Crippen LogP contribution in [0.4, 0.5) is 34.1 Å². The Labute approximate surface area is 563 Å². The highest BCUT2D eigenvalue weighted by atomic mass is 16.3. The van der Waals surface area contributed by atoms with Gasteiger partial charge in [-0.1, -0.05) is 255 Å². The number of furan rings is 2. The summed E-state index contributed by atoms with van der Waals surface area (Å²) in [6.07, 6.45) is 0. The van der Waals surface area contributed by atoms with Gasteiger partial charge in [-0.3, -0.25) is 0 Å². The first-order valence-electron chi connectivity index (χ1n) is 33.7. The molecule has 15 aromatic carbocycles. The van der Waals surface area contributed by atoms with Crippen LogP contribution in [0.1, 0.15) is 11.1 Å². The highest BCUT2D eigenvalue weighted by Crippen LogP contribution is 2.56. The molecule has 6 heteroatoms. The van der Waals surface area contributed by atoms with E-state index >= 15 is 0 Å². The van der Waals surface area contributed by atoms with E-state index in [2.05, 4.69) is 348 Å².